The summed E-state index contributed by atoms with van der Waals surface area (Å²) in [5.74, 6) is 0. The Morgan fingerprint density at radius 3 is 2.25 bits per heavy atom. The highest BCUT2D eigenvalue weighted by Gasteiger charge is 2.07. The van der Waals surface area contributed by atoms with E-state index in [0.717, 1.165) is 12.8 Å². The molecule has 0 bridgehead atoms. The van der Waals surface area contributed by atoms with Crippen LogP contribution in [0.5, 0.6) is 0 Å². The lowest BCUT2D eigenvalue weighted by atomic mass is 9.98. The first-order valence-electron chi connectivity index (χ1n) is 4.40. The van der Waals surface area contributed by atoms with Crippen LogP contribution in [-0.2, 0) is 0 Å². The third-order valence-corrected chi connectivity index (χ3v) is 2.44. The maximum atomic E-state index is 8.91. The van der Waals surface area contributed by atoms with Gasteiger partial charge in [0.05, 0.1) is 11.6 Å². The summed E-state index contributed by atoms with van der Waals surface area (Å²) in [6.45, 7) is 0. The van der Waals surface area contributed by atoms with Gasteiger partial charge in [-0.15, -0.1) is 11.3 Å². The molecule has 2 nitrogen and oxygen atoms in total. The van der Waals surface area contributed by atoms with E-state index in [-0.39, 0.29) is 6.10 Å². The predicted octanol–water partition coefficient (Wildman–Crippen LogP) is 2.45. The highest BCUT2D eigenvalue weighted by molar-refractivity contribution is 7.07. The Hall–Kier alpha value is -0.410. The molecule has 0 aromatic carbocycles. The van der Waals surface area contributed by atoms with Gasteiger partial charge in [-0.2, -0.15) is 0 Å². The van der Waals surface area contributed by atoms with E-state index >= 15 is 0 Å². The number of rotatable bonds is 0. The van der Waals surface area contributed by atoms with E-state index in [0.29, 0.717) is 0 Å². The van der Waals surface area contributed by atoms with Crippen molar-refractivity contribution < 1.29 is 5.11 Å². The quantitative estimate of drug-likeness (QED) is 0.673. The van der Waals surface area contributed by atoms with E-state index in [2.05, 4.69) is 4.98 Å². The summed E-state index contributed by atoms with van der Waals surface area (Å²) < 4.78 is 0. The molecular formula is C9H15NOS. The molecule has 0 unspecified atom stereocenters. The minimum atomic E-state index is 0.0359. The lowest BCUT2D eigenvalue weighted by molar-refractivity contribution is 0.130. The van der Waals surface area contributed by atoms with Gasteiger partial charge in [-0.3, -0.25) is 4.98 Å². The van der Waals surface area contributed by atoms with Gasteiger partial charge in [0.2, 0.25) is 0 Å². The van der Waals surface area contributed by atoms with Crippen molar-refractivity contribution in [3.05, 3.63) is 17.1 Å². The van der Waals surface area contributed by atoms with Crippen LogP contribution in [0.1, 0.15) is 32.1 Å². The van der Waals surface area contributed by atoms with E-state index in [1.807, 2.05) is 5.38 Å². The van der Waals surface area contributed by atoms with Crippen molar-refractivity contribution in [3.63, 3.8) is 0 Å². The van der Waals surface area contributed by atoms with Crippen LogP contribution in [0.15, 0.2) is 17.1 Å². The third-order valence-electron chi connectivity index (χ3n) is 1.92. The van der Waals surface area contributed by atoms with E-state index in [1.54, 1.807) is 23.0 Å². The lowest BCUT2D eigenvalue weighted by Crippen LogP contribution is -2.09. The molecule has 1 aromatic heterocycles. The van der Waals surface area contributed by atoms with Gasteiger partial charge >= 0.3 is 0 Å². The minimum Gasteiger partial charge on any atom is -0.393 e. The van der Waals surface area contributed by atoms with Crippen molar-refractivity contribution in [3.8, 4) is 0 Å². The zero-order valence-electron chi connectivity index (χ0n) is 7.15. The van der Waals surface area contributed by atoms with Crippen LogP contribution in [0.2, 0.25) is 0 Å². The summed E-state index contributed by atoms with van der Waals surface area (Å²) in [7, 11) is 0. The molecule has 0 amide bonds. The zero-order chi connectivity index (χ0) is 8.65. The number of hydrogen-bond donors (Lipinski definition) is 1. The van der Waals surface area contributed by atoms with Gasteiger partial charge in [0, 0.05) is 11.6 Å². The molecule has 12 heavy (non-hydrogen) atoms. The average Bonchev–Trinajstić information content (AvgIpc) is 2.62. The molecule has 0 spiro atoms. The summed E-state index contributed by atoms with van der Waals surface area (Å²) in [6.07, 6.45) is 7.69. The van der Waals surface area contributed by atoms with Crippen molar-refractivity contribution in [2.45, 2.75) is 38.2 Å². The summed E-state index contributed by atoms with van der Waals surface area (Å²) in [6, 6.07) is 0. The molecule has 0 atom stereocenters. The minimum absolute atomic E-state index is 0.0359. The summed E-state index contributed by atoms with van der Waals surface area (Å²) in [5.41, 5.74) is 1.79. The molecule has 1 fully saturated rings. The fourth-order valence-electron chi connectivity index (χ4n) is 1.26. The second kappa shape index (κ2) is 6.14. The molecule has 1 aliphatic rings. The van der Waals surface area contributed by atoms with Crippen LogP contribution in [0.25, 0.3) is 0 Å². The molecule has 0 saturated heterocycles. The molecule has 1 aromatic rings. The van der Waals surface area contributed by atoms with Gasteiger partial charge in [0.25, 0.3) is 0 Å². The smallest absolute Gasteiger partial charge is 0.0791 e. The van der Waals surface area contributed by atoms with Crippen molar-refractivity contribution >= 4 is 11.3 Å². The summed E-state index contributed by atoms with van der Waals surface area (Å²) in [4.78, 5) is 3.74. The number of aromatic nitrogens is 1. The number of thiazole rings is 1. The highest BCUT2D eigenvalue weighted by Crippen LogP contribution is 2.16. The van der Waals surface area contributed by atoms with Crippen molar-refractivity contribution in [2.75, 3.05) is 0 Å². The molecule has 0 radical (unpaired) electrons. The van der Waals surface area contributed by atoms with Crippen LogP contribution in [0, 0.1) is 0 Å². The first-order chi connectivity index (χ1) is 5.89. The van der Waals surface area contributed by atoms with Crippen LogP contribution >= 0.6 is 11.3 Å². The molecule has 1 N–H and O–H groups in total. The van der Waals surface area contributed by atoms with E-state index < -0.39 is 0 Å². The average molecular weight is 185 g/mol. The monoisotopic (exact) mass is 185 g/mol. The molecule has 1 saturated carbocycles. The topological polar surface area (TPSA) is 33.1 Å². The molecular weight excluding hydrogens is 170 g/mol. The molecule has 3 heteroatoms. The Bertz CT molecular complexity index is 153. The van der Waals surface area contributed by atoms with Crippen LogP contribution in [0.3, 0.4) is 0 Å². The zero-order valence-corrected chi connectivity index (χ0v) is 7.96. The van der Waals surface area contributed by atoms with Gasteiger partial charge in [-0.05, 0) is 12.8 Å². The van der Waals surface area contributed by atoms with E-state index in [1.165, 1.54) is 19.3 Å². The van der Waals surface area contributed by atoms with Gasteiger partial charge in [-0.1, -0.05) is 19.3 Å². The third kappa shape index (κ3) is 4.46. The maximum absolute atomic E-state index is 8.91. The van der Waals surface area contributed by atoms with Crippen LogP contribution in [0.4, 0.5) is 0 Å². The van der Waals surface area contributed by atoms with Gasteiger partial charge < -0.3 is 5.11 Å². The maximum Gasteiger partial charge on any atom is 0.0791 e. The number of aliphatic hydroxyl groups excluding tert-OH is 1. The van der Waals surface area contributed by atoms with E-state index in [4.69, 9.17) is 5.11 Å². The molecule has 68 valence electrons. The summed E-state index contributed by atoms with van der Waals surface area (Å²) >= 11 is 1.60. The normalized spacial score (nSPS) is 18.1. The van der Waals surface area contributed by atoms with Gasteiger partial charge in [-0.25, -0.2) is 0 Å². The summed E-state index contributed by atoms with van der Waals surface area (Å²) in [5, 5.41) is 10.8. The van der Waals surface area contributed by atoms with Crippen molar-refractivity contribution in [1.29, 1.82) is 0 Å². The fourth-order valence-corrected chi connectivity index (χ4v) is 1.61. The van der Waals surface area contributed by atoms with Gasteiger partial charge in [0.15, 0.2) is 0 Å². The van der Waals surface area contributed by atoms with Crippen molar-refractivity contribution in [2.24, 2.45) is 0 Å². The highest BCUT2D eigenvalue weighted by atomic mass is 32.1. The number of nitrogens with zero attached hydrogens (tertiary/aromatic N) is 1. The second-order valence-electron chi connectivity index (χ2n) is 2.97. The first-order valence-corrected chi connectivity index (χ1v) is 5.34. The van der Waals surface area contributed by atoms with Crippen LogP contribution in [-0.4, -0.2) is 16.2 Å². The molecule has 2 rings (SSSR count). The molecule has 1 aliphatic carbocycles. The van der Waals surface area contributed by atoms with Gasteiger partial charge in [0.1, 0.15) is 0 Å². The number of hydrogen-bond acceptors (Lipinski definition) is 3. The van der Waals surface area contributed by atoms with Crippen molar-refractivity contribution in [1.82, 2.24) is 4.98 Å². The predicted molar refractivity (Wildman–Crippen MR) is 51.2 cm³/mol. The lowest BCUT2D eigenvalue weighted by Gasteiger charge is -2.14. The Labute approximate surface area is 77.3 Å². The Balaban J connectivity index is 0.000000127. The second-order valence-corrected chi connectivity index (χ2v) is 3.72. The SMILES string of the molecule is OC1CCCCC1.c1cscn1. The van der Waals surface area contributed by atoms with Crippen LogP contribution < -0.4 is 0 Å². The Morgan fingerprint density at radius 2 is 2.00 bits per heavy atom. The fraction of sp³-hybridized carbons (Fsp3) is 0.667. The number of aliphatic hydroxyl groups is 1. The largest absolute Gasteiger partial charge is 0.393 e. The molecule has 0 aliphatic heterocycles. The Kier molecular flexibility index (Phi) is 4.95. The molecule has 1 heterocycles. The van der Waals surface area contributed by atoms with E-state index in [9.17, 15) is 0 Å². The Morgan fingerprint density at radius 1 is 1.25 bits per heavy atom. The first kappa shape index (κ1) is 9.68. The standard InChI is InChI=1S/C6H12O.C3H3NS/c7-6-4-2-1-3-5-6;1-2-5-3-4-1/h6-7H,1-5H2;1-3H.